The number of carbonyl (C=O) groups excluding carboxylic acids is 1. The van der Waals surface area contributed by atoms with Crippen LogP contribution in [0.15, 0.2) is 24.3 Å². The zero-order valence-electron chi connectivity index (χ0n) is 6.72. The van der Waals surface area contributed by atoms with Crippen molar-refractivity contribution < 1.29 is 4.79 Å². The molecular formula is C8H13NO. The first kappa shape index (κ1) is 8.95. The fraction of sp³-hybridized carbons (Fsp3) is 0.375. The van der Waals surface area contributed by atoms with Gasteiger partial charge in [0.1, 0.15) is 0 Å². The van der Waals surface area contributed by atoms with E-state index in [1.807, 2.05) is 6.92 Å². The average Bonchev–Trinajstić information content (AvgIpc) is 1.87. The molecular weight excluding hydrogens is 126 g/mol. The van der Waals surface area contributed by atoms with Crippen LogP contribution >= 0.6 is 0 Å². The Labute approximate surface area is 61.8 Å². The topological polar surface area (TPSA) is 20.3 Å². The molecule has 0 fully saturated rings. The van der Waals surface area contributed by atoms with E-state index in [1.54, 1.807) is 26.2 Å². The van der Waals surface area contributed by atoms with Gasteiger partial charge in [0.25, 0.3) is 0 Å². The Morgan fingerprint density at radius 3 is 2.30 bits per heavy atom. The number of likely N-dealkylation sites (N-methyl/N-ethyl adjacent to an activating group) is 1. The summed E-state index contributed by atoms with van der Waals surface area (Å²) in [5.41, 5.74) is 0.888. The van der Waals surface area contributed by atoms with E-state index in [0.717, 1.165) is 5.57 Å². The molecule has 0 bridgehead atoms. The van der Waals surface area contributed by atoms with E-state index in [1.165, 1.54) is 4.90 Å². The van der Waals surface area contributed by atoms with Crippen molar-refractivity contribution in [1.29, 1.82) is 0 Å². The minimum atomic E-state index is -0.00241. The zero-order chi connectivity index (χ0) is 8.15. The maximum absolute atomic E-state index is 10.9. The van der Waals surface area contributed by atoms with Crippen LogP contribution < -0.4 is 0 Å². The second-order valence-corrected chi connectivity index (χ2v) is 2.33. The molecule has 0 aliphatic carbocycles. The Morgan fingerprint density at radius 2 is 2.00 bits per heavy atom. The fourth-order valence-corrected chi connectivity index (χ4v) is 0.383. The first-order chi connectivity index (χ1) is 4.57. The van der Waals surface area contributed by atoms with Crippen LogP contribution in [0.1, 0.15) is 6.92 Å². The Hall–Kier alpha value is -1.05. The summed E-state index contributed by atoms with van der Waals surface area (Å²) in [5.74, 6) is -0.00241. The number of amides is 1. The van der Waals surface area contributed by atoms with E-state index < -0.39 is 0 Å². The molecule has 2 nitrogen and oxygen atoms in total. The largest absolute Gasteiger partial charge is 0.345 e. The van der Waals surface area contributed by atoms with Gasteiger partial charge in [-0.3, -0.25) is 4.79 Å². The highest BCUT2D eigenvalue weighted by atomic mass is 16.2. The average molecular weight is 139 g/mol. The van der Waals surface area contributed by atoms with Crippen molar-refractivity contribution in [2.75, 3.05) is 14.1 Å². The maximum Gasteiger partial charge on any atom is 0.246 e. The van der Waals surface area contributed by atoms with Gasteiger partial charge in [-0.15, -0.1) is 0 Å². The smallest absolute Gasteiger partial charge is 0.246 e. The molecule has 2 heteroatoms. The third-order valence-corrected chi connectivity index (χ3v) is 1.11. The lowest BCUT2D eigenvalue weighted by molar-refractivity contribution is -0.123. The summed E-state index contributed by atoms with van der Waals surface area (Å²) in [4.78, 5) is 12.4. The Kier molecular flexibility index (Phi) is 3.47. The standard InChI is InChI=1S/C8H13NO/c1-5-7(2)6-8(10)9(3)4/h5-6H,1H2,2-4H3/b7-6-. The molecule has 56 valence electrons. The maximum atomic E-state index is 10.9. The zero-order valence-corrected chi connectivity index (χ0v) is 6.72. The summed E-state index contributed by atoms with van der Waals surface area (Å²) in [6.07, 6.45) is 3.20. The first-order valence-electron chi connectivity index (χ1n) is 3.10. The van der Waals surface area contributed by atoms with Crippen molar-refractivity contribution in [3.05, 3.63) is 24.3 Å². The van der Waals surface area contributed by atoms with Gasteiger partial charge in [-0.05, 0) is 12.5 Å². The molecule has 0 radical (unpaired) electrons. The van der Waals surface area contributed by atoms with Gasteiger partial charge in [0.05, 0.1) is 0 Å². The summed E-state index contributed by atoms with van der Waals surface area (Å²) >= 11 is 0. The summed E-state index contributed by atoms with van der Waals surface area (Å²) in [6.45, 7) is 5.38. The van der Waals surface area contributed by atoms with Gasteiger partial charge in [0, 0.05) is 20.2 Å². The van der Waals surface area contributed by atoms with Crippen LogP contribution in [0.5, 0.6) is 0 Å². The van der Waals surface area contributed by atoms with Crippen molar-refractivity contribution in [2.45, 2.75) is 6.92 Å². The summed E-state index contributed by atoms with van der Waals surface area (Å²) in [5, 5.41) is 0. The number of nitrogens with zero attached hydrogens (tertiary/aromatic N) is 1. The highest BCUT2D eigenvalue weighted by Crippen LogP contribution is 1.93. The van der Waals surface area contributed by atoms with Gasteiger partial charge in [-0.2, -0.15) is 0 Å². The second-order valence-electron chi connectivity index (χ2n) is 2.33. The van der Waals surface area contributed by atoms with Gasteiger partial charge in [0.2, 0.25) is 5.91 Å². The molecule has 0 rings (SSSR count). The molecule has 0 aliphatic heterocycles. The minimum absolute atomic E-state index is 0.00241. The van der Waals surface area contributed by atoms with Crippen LogP contribution in [0.4, 0.5) is 0 Å². The molecule has 0 saturated heterocycles. The molecule has 1 amide bonds. The fourth-order valence-electron chi connectivity index (χ4n) is 0.383. The van der Waals surface area contributed by atoms with Crippen LogP contribution in [0.3, 0.4) is 0 Å². The van der Waals surface area contributed by atoms with Gasteiger partial charge in [-0.1, -0.05) is 12.7 Å². The van der Waals surface area contributed by atoms with E-state index in [4.69, 9.17) is 0 Å². The van der Waals surface area contributed by atoms with Gasteiger partial charge in [-0.25, -0.2) is 0 Å². The molecule has 0 aromatic rings. The van der Waals surface area contributed by atoms with Crippen LogP contribution in [0.2, 0.25) is 0 Å². The molecule has 0 spiro atoms. The normalized spacial score (nSPS) is 10.9. The lowest BCUT2D eigenvalue weighted by Gasteiger charge is -2.05. The Morgan fingerprint density at radius 1 is 1.50 bits per heavy atom. The van der Waals surface area contributed by atoms with E-state index in [0.29, 0.717) is 0 Å². The van der Waals surface area contributed by atoms with Gasteiger partial charge in [0.15, 0.2) is 0 Å². The highest BCUT2D eigenvalue weighted by Gasteiger charge is 1.96. The third-order valence-electron chi connectivity index (χ3n) is 1.11. The van der Waals surface area contributed by atoms with E-state index in [-0.39, 0.29) is 5.91 Å². The van der Waals surface area contributed by atoms with E-state index in [2.05, 4.69) is 6.58 Å². The quantitative estimate of drug-likeness (QED) is 0.416. The number of rotatable bonds is 2. The van der Waals surface area contributed by atoms with E-state index in [9.17, 15) is 4.79 Å². The van der Waals surface area contributed by atoms with Crippen molar-refractivity contribution in [3.8, 4) is 0 Å². The number of allylic oxidation sites excluding steroid dienone is 2. The Balaban J connectivity index is 4.13. The van der Waals surface area contributed by atoms with Crippen LogP contribution in [0.25, 0.3) is 0 Å². The SMILES string of the molecule is C=C/C(C)=C\C(=O)N(C)C. The number of carbonyl (C=O) groups is 1. The molecule has 0 saturated carbocycles. The molecule has 0 N–H and O–H groups in total. The summed E-state index contributed by atoms with van der Waals surface area (Å²) < 4.78 is 0. The molecule has 0 heterocycles. The van der Waals surface area contributed by atoms with Crippen LogP contribution in [-0.2, 0) is 4.79 Å². The minimum Gasteiger partial charge on any atom is -0.345 e. The molecule has 0 atom stereocenters. The Bertz CT molecular complexity index is 168. The first-order valence-corrected chi connectivity index (χ1v) is 3.10. The van der Waals surface area contributed by atoms with E-state index >= 15 is 0 Å². The molecule has 0 aromatic carbocycles. The van der Waals surface area contributed by atoms with Crippen LogP contribution in [-0.4, -0.2) is 24.9 Å². The van der Waals surface area contributed by atoms with Crippen molar-refractivity contribution in [1.82, 2.24) is 4.90 Å². The highest BCUT2D eigenvalue weighted by molar-refractivity contribution is 5.88. The second kappa shape index (κ2) is 3.88. The predicted molar refractivity (Wildman–Crippen MR) is 42.6 cm³/mol. The molecule has 0 unspecified atom stereocenters. The van der Waals surface area contributed by atoms with Crippen molar-refractivity contribution >= 4 is 5.91 Å². The predicted octanol–water partition coefficient (Wildman–Crippen LogP) is 1.21. The monoisotopic (exact) mass is 139 g/mol. The number of hydrogen-bond donors (Lipinski definition) is 0. The lowest BCUT2D eigenvalue weighted by atomic mass is 10.3. The lowest BCUT2D eigenvalue weighted by Crippen LogP contribution is -2.19. The summed E-state index contributed by atoms with van der Waals surface area (Å²) in [6, 6.07) is 0. The van der Waals surface area contributed by atoms with Crippen LogP contribution in [0, 0.1) is 0 Å². The van der Waals surface area contributed by atoms with Crippen molar-refractivity contribution in [2.24, 2.45) is 0 Å². The third kappa shape index (κ3) is 3.07. The van der Waals surface area contributed by atoms with Gasteiger partial charge < -0.3 is 4.90 Å². The summed E-state index contributed by atoms with van der Waals surface area (Å²) in [7, 11) is 3.43. The van der Waals surface area contributed by atoms with Crippen molar-refractivity contribution in [3.63, 3.8) is 0 Å². The molecule has 0 aromatic heterocycles. The molecule has 10 heavy (non-hydrogen) atoms. The number of hydrogen-bond acceptors (Lipinski definition) is 1. The van der Waals surface area contributed by atoms with Gasteiger partial charge >= 0.3 is 0 Å². The molecule has 0 aliphatic rings.